The number of hydrogen-bond acceptors (Lipinski definition) is 5. The SMILES string of the molecule is Cc1cc(C(=O)N2CCN(C(=O)C3(NC(=O)NCc4ccccc4)CCCC3)CC2)on1. The lowest BCUT2D eigenvalue weighted by molar-refractivity contribution is -0.139. The molecule has 4 amide bonds. The summed E-state index contributed by atoms with van der Waals surface area (Å²) in [4.78, 5) is 42.0. The van der Waals surface area contributed by atoms with Gasteiger partial charge in [-0.25, -0.2) is 4.79 Å². The van der Waals surface area contributed by atoms with Crippen molar-refractivity contribution >= 4 is 17.8 Å². The van der Waals surface area contributed by atoms with Crippen molar-refractivity contribution < 1.29 is 18.9 Å². The molecule has 9 nitrogen and oxygen atoms in total. The first-order valence-corrected chi connectivity index (χ1v) is 11.1. The maximum absolute atomic E-state index is 13.4. The molecule has 1 aromatic heterocycles. The van der Waals surface area contributed by atoms with Crippen molar-refractivity contribution in [2.75, 3.05) is 26.2 Å². The summed E-state index contributed by atoms with van der Waals surface area (Å²) in [6, 6.07) is 10.9. The van der Waals surface area contributed by atoms with Crippen LogP contribution in [0.1, 0.15) is 47.5 Å². The molecule has 1 aliphatic carbocycles. The Morgan fingerprint density at radius 2 is 1.69 bits per heavy atom. The van der Waals surface area contributed by atoms with Crippen molar-refractivity contribution in [1.82, 2.24) is 25.6 Å². The summed E-state index contributed by atoms with van der Waals surface area (Å²) in [5, 5.41) is 9.60. The monoisotopic (exact) mass is 439 g/mol. The minimum absolute atomic E-state index is 0.0625. The number of nitrogens with zero attached hydrogens (tertiary/aromatic N) is 3. The third-order valence-electron chi connectivity index (χ3n) is 6.21. The number of rotatable bonds is 5. The van der Waals surface area contributed by atoms with E-state index in [4.69, 9.17) is 4.52 Å². The van der Waals surface area contributed by atoms with Gasteiger partial charge in [-0.05, 0) is 25.3 Å². The zero-order valence-electron chi connectivity index (χ0n) is 18.3. The first kappa shape index (κ1) is 21.9. The first-order chi connectivity index (χ1) is 15.5. The summed E-state index contributed by atoms with van der Waals surface area (Å²) in [6.45, 7) is 3.85. The van der Waals surface area contributed by atoms with Crippen LogP contribution in [0.2, 0.25) is 0 Å². The number of urea groups is 1. The second-order valence-corrected chi connectivity index (χ2v) is 8.50. The van der Waals surface area contributed by atoms with Gasteiger partial charge in [-0.15, -0.1) is 0 Å². The third kappa shape index (κ3) is 4.76. The maximum Gasteiger partial charge on any atom is 0.315 e. The number of carbonyl (C=O) groups is 3. The van der Waals surface area contributed by atoms with Crippen molar-refractivity contribution in [3.63, 3.8) is 0 Å². The van der Waals surface area contributed by atoms with Gasteiger partial charge in [-0.1, -0.05) is 48.3 Å². The van der Waals surface area contributed by atoms with Crippen molar-refractivity contribution in [3.8, 4) is 0 Å². The van der Waals surface area contributed by atoms with E-state index in [9.17, 15) is 14.4 Å². The molecule has 2 N–H and O–H groups in total. The predicted molar refractivity (Wildman–Crippen MR) is 117 cm³/mol. The fraction of sp³-hybridized carbons (Fsp3) is 0.478. The molecule has 1 saturated heterocycles. The minimum Gasteiger partial charge on any atom is -0.351 e. The van der Waals surface area contributed by atoms with Gasteiger partial charge >= 0.3 is 6.03 Å². The van der Waals surface area contributed by atoms with Crippen molar-refractivity contribution in [2.45, 2.75) is 44.7 Å². The number of carbonyl (C=O) groups excluding carboxylic acids is 3. The highest BCUT2D eigenvalue weighted by Crippen LogP contribution is 2.32. The largest absolute Gasteiger partial charge is 0.351 e. The lowest BCUT2D eigenvalue weighted by atomic mass is 9.95. The Morgan fingerprint density at radius 1 is 1.03 bits per heavy atom. The summed E-state index contributed by atoms with van der Waals surface area (Å²) in [5.41, 5.74) is 0.772. The molecule has 0 spiro atoms. The molecule has 2 heterocycles. The molecule has 2 aromatic rings. The molecule has 1 aromatic carbocycles. The second kappa shape index (κ2) is 9.42. The molecule has 4 rings (SSSR count). The molecular formula is C23H29N5O4. The van der Waals surface area contributed by atoms with Gasteiger partial charge in [0.05, 0.1) is 5.69 Å². The summed E-state index contributed by atoms with van der Waals surface area (Å²) >= 11 is 0. The number of hydrogen-bond donors (Lipinski definition) is 2. The molecule has 9 heteroatoms. The average Bonchev–Trinajstić information content (AvgIpc) is 3.47. The Morgan fingerprint density at radius 3 is 2.31 bits per heavy atom. The van der Waals surface area contributed by atoms with Gasteiger partial charge in [-0.3, -0.25) is 9.59 Å². The van der Waals surface area contributed by atoms with Crippen LogP contribution in [0, 0.1) is 6.92 Å². The van der Waals surface area contributed by atoms with Crippen LogP contribution in [-0.4, -0.2) is 64.5 Å². The number of nitrogens with one attached hydrogen (secondary N) is 2. The van der Waals surface area contributed by atoms with Crippen LogP contribution in [0.15, 0.2) is 40.9 Å². The zero-order valence-corrected chi connectivity index (χ0v) is 18.3. The smallest absolute Gasteiger partial charge is 0.315 e. The molecule has 2 fully saturated rings. The highest BCUT2D eigenvalue weighted by molar-refractivity contribution is 5.93. The van der Waals surface area contributed by atoms with Gasteiger partial charge in [0.1, 0.15) is 5.54 Å². The van der Waals surface area contributed by atoms with Crippen molar-refractivity contribution in [3.05, 3.63) is 53.4 Å². The van der Waals surface area contributed by atoms with E-state index in [0.717, 1.165) is 18.4 Å². The van der Waals surface area contributed by atoms with E-state index in [-0.39, 0.29) is 23.6 Å². The second-order valence-electron chi connectivity index (χ2n) is 8.50. The molecule has 170 valence electrons. The lowest BCUT2D eigenvalue weighted by Crippen LogP contribution is -2.62. The van der Waals surface area contributed by atoms with E-state index >= 15 is 0 Å². The molecule has 32 heavy (non-hydrogen) atoms. The van der Waals surface area contributed by atoms with Gasteiger partial charge in [0.2, 0.25) is 11.7 Å². The van der Waals surface area contributed by atoms with Crippen LogP contribution < -0.4 is 10.6 Å². The van der Waals surface area contributed by atoms with Gasteiger partial charge < -0.3 is 25.0 Å². The van der Waals surface area contributed by atoms with Crippen LogP contribution >= 0.6 is 0 Å². The molecule has 1 aliphatic heterocycles. The van der Waals surface area contributed by atoms with Crippen molar-refractivity contribution in [1.29, 1.82) is 0 Å². The lowest BCUT2D eigenvalue weighted by Gasteiger charge is -2.39. The Kier molecular flexibility index (Phi) is 6.43. The Labute approximate surface area is 187 Å². The van der Waals surface area contributed by atoms with Crippen LogP contribution in [0.25, 0.3) is 0 Å². The maximum atomic E-state index is 13.4. The molecule has 0 atom stereocenters. The molecule has 0 unspecified atom stereocenters. The normalized spacial score (nSPS) is 17.8. The Bertz CT molecular complexity index is 960. The van der Waals surface area contributed by atoms with E-state index in [1.807, 2.05) is 30.3 Å². The topological polar surface area (TPSA) is 108 Å². The number of aryl methyl sites for hydroxylation is 1. The Hall–Kier alpha value is -3.36. The van der Waals surface area contributed by atoms with Crippen LogP contribution in [0.4, 0.5) is 4.79 Å². The fourth-order valence-corrected chi connectivity index (χ4v) is 4.45. The average molecular weight is 440 g/mol. The highest BCUT2D eigenvalue weighted by atomic mass is 16.5. The number of amides is 4. The van der Waals surface area contributed by atoms with Gasteiger partial charge in [0.15, 0.2) is 0 Å². The number of benzene rings is 1. The van der Waals surface area contributed by atoms with E-state index in [1.165, 1.54) is 0 Å². The van der Waals surface area contributed by atoms with Crippen LogP contribution in [0.5, 0.6) is 0 Å². The molecule has 0 bridgehead atoms. The molecule has 2 aliphatic rings. The Balaban J connectivity index is 1.34. The predicted octanol–water partition coefficient (Wildman–Crippen LogP) is 2.08. The van der Waals surface area contributed by atoms with Gasteiger partial charge in [-0.2, -0.15) is 0 Å². The van der Waals surface area contributed by atoms with E-state index < -0.39 is 5.54 Å². The van der Waals surface area contributed by atoms with E-state index in [0.29, 0.717) is 51.3 Å². The van der Waals surface area contributed by atoms with Crippen molar-refractivity contribution in [2.24, 2.45) is 0 Å². The van der Waals surface area contributed by atoms with E-state index in [2.05, 4.69) is 15.8 Å². The standard InChI is InChI=1S/C23H29N5O4/c1-17-15-19(32-26-17)20(29)27-11-13-28(14-12-27)21(30)23(9-5-6-10-23)25-22(31)24-16-18-7-3-2-4-8-18/h2-4,7-8,15H,5-6,9-14,16H2,1H3,(H2,24,25,31). The quantitative estimate of drug-likeness (QED) is 0.742. The van der Waals surface area contributed by atoms with Crippen LogP contribution in [-0.2, 0) is 11.3 Å². The molecule has 0 radical (unpaired) electrons. The van der Waals surface area contributed by atoms with Crippen LogP contribution in [0.3, 0.4) is 0 Å². The van der Waals surface area contributed by atoms with Gasteiger partial charge in [0, 0.05) is 38.8 Å². The molecule has 1 saturated carbocycles. The number of piperazine rings is 1. The summed E-state index contributed by atoms with van der Waals surface area (Å²) in [7, 11) is 0. The van der Waals surface area contributed by atoms with Gasteiger partial charge in [0.25, 0.3) is 5.91 Å². The fourth-order valence-electron chi connectivity index (χ4n) is 4.45. The summed E-state index contributed by atoms with van der Waals surface area (Å²) in [5.74, 6) is -0.0644. The summed E-state index contributed by atoms with van der Waals surface area (Å²) in [6.07, 6.45) is 3.05. The highest BCUT2D eigenvalue weighted by Gasteiger charge is 2.45. The minimum atomic E-state index is -0.880. The zero-order chi connectivity index (χ0) is 22.6. The number of aromatic nitrogens is 1. The molecular weight excluding hydrogens is 410 g/mol. The first-order valence-electron chi connectivity index (χ1n) is 11.1. The summed E-state index contributed by atoms with van der Waals surface area (Å²) < 4.78 is 5.07. The third-order valence-corrected chi connectivity index (χ3v) is 6.21. The van der Waals surface area contributed by atoms with E-state index in [1.54, 1.807) is 22.8 Å².